The molecule has 1 N–H and O–H groups in total. The summed E-state index contributed by atoms with van der Waals surface area (Å²) in [5, 5.41) is 4.35. The highest BCUT2D eigenvalue weighted by molar-refractivity contribution is 6.31. The molecule has 1 aromatic heterocycles. The number of hydrogen-bond donors (Lipinski definition) is 1. The molecule has 0 radical (unpaired) electrons. The van der Waals surface area contributed by atoms with E-state index in [9.17, 15) is 0 Å². The maximum atomic E-state index is 6.32. The Bertz CT molecular complexity index is 439. The van der Waals surface area contributed by atoms with E-state index in [1.54, 1.807) is 6.20 Å². The Hall–Kier alpha value is -0.640. The molecule has 1 aromatic rings. The fourth-order valence-corrected chi connectivity index (χ4v) is 3.99. The SMILES string of the molecule is CNC(Cc1ccncc1Cl)C1(N(C)C)CCCCCC1. The van der Waals surface area contributed by atoms with E-state index >= 15 is 0 Å². The fourth-order valence-electron chi connectivity index (χ4n) is 3.80. The zero-order chi connectivity index (χ0) is 15.3. The van der Waals surface area contributed by atoms with Crippen molar-refractivity contribution in [3.8, 4) is 0 Å². The smallest absolute Gasteiger partial charge is 0.0621 e. The molecule has 4 heteroatoms. The van der Waals surface area contributed by atoms with E-state index in [4.69, 9.17) is 11.6 Å². The predicted molar refractivity (Wildman–Crippen MR) is 89.9 cm³/mol. The molecular formula is C17H28ClN3. The summed E-state index contributed by atoms with van der Waals surface area (Å²) in [4.78, 5) is 6.53. The summed E-state index contributed by atoms with van der Waals surface area (Å²) in [6.45, 7) is 0. The molecule has 1 unspecified atom stereocenters. The molecule has 0 saturated heterocycles. The standard InChI is InChI=1S/C17H28ClN3/c1-19-16(12-14-8-11-20-13-15(14)18)17(21(2)3)9-6-4-5-7-10-17/h8,11,13,16,19H,4-7,9-10,12H2,1-3H3. The largest absolute Gasteiger partial charge is 0.315 e. The highest BCUT2D eigenvalue weighted by atomic mass is 35.5. The van der Waals surface area contributed by atoms with Crippen LogP contribution in [0.3, 0.4) is 0 Å². The Morgan fingerprint density at radius 2 is 1.95 bits per heavy atom. The number of hydrogen-bond acceptors (Lipinski definition) is 3. The summed E-state index contributed by atoms with van der Waals surface area (Å²) in [6, 6.07) is 2.46. The van der Waals surface area contributed by atoms with Gasteiger partial charge in [0, 0.05) is 24.0 Å². The van der Waals surface area contributed by atoms with E-state index in [1.807, 2.05) is 12.3 Å². The number of pyridine rings is 1. The van der Waals surface area contributed by atoms with Gasteiger partial charge in [-0.1, -0.05) is 37.3 Å². The lowest BCUT2D eigenvalue weighted by Crippen LogP contribution is -2.59. The molecule has 0 aliphatic heterocycles. The summed E-state index contributed by atoms with van der Waals surface area (Å²) >= 11 is 6.32. The Balaban J connectivity index is 2.25. The van der Waals surface area contributed by atoms with Crippen LogP contribution in [-0.4, -0.2) is 42.6 Å². The van der Waals surface area contributed by atoms with Crippen LogP contribution >= 0.6 is 11.6 Å². The minimum Gasteiger partial charge on any atom is -0.315 e. The molecule has 1 aliphatic rings. The third kappa shape index (κ3) is 3.77. The Kier molecular flexibility index (Phi) is 6.03. The monoisotopic (exact) mass is 309 g/mol. The van der Waals surface area contributed by atoms with Gasteiger partial charge in [-0.25, -0.2) is 0 Å². The Morgan fingerprint density at radius 3 is 2.48 bits per heavy atom. The highest BCUT2D eigenvalue weighted by Crippen LogP contribution is 2.35. The van der Waals surface area contributed by atoms with Crippen molar-refractivity contribution < 1.29 is 0 Å². The van der Waals surface area contributed by atoms with Crippen LogP contribution in [0.25, 0.3) is 0 Å². The first kappa shape index (κ1) is 16.7. The van der Waals surface area contributed by atoms with E-state index in [2.05, 4.69) is 36.3 Å². The lowest BCUT2D eigenvalue weighted by atomic mass is 9.78. The van der Waals surface area contributed by atoms with Gasteiger partial charge < -0.3 is 10.2 Å². The van der Waals surface area contributed by atoms with Crippen LogP contribution in [0.5, 0.6) is 0 Å². The molecule has 118 valence electrons. The molecular weight excluding hydrogens is 282 g/mol. The Morgan fingerprint density at radius 1 is 1.29 bits per heavy atom. The van der Waals surface area contributed by atoms with Gasteiger partial charge in [0.15, 0.2) is 0 Å². The van der Waals surface area contributed by atoms with Crippen LogP contribution in [0.15, 0.2) is 18.5 Å². The number of likely N-dealkylation sites (N-methyl/N-ethyl adjacent to an activating group) is 2. The highest BCUT2D eigenvalue weighted by Gasteiger charge is 2.40. The maximum Gasteiger partial charge on any atom is 0.0621 e. The molecule has 0 spiro atoms. The summed E-state index contributed by atoms with van der Waals surface area (Å²) in [5.74, 6) is 0. The minimum absolute atomic E-state index is 0.220. The summed E-state index contributed by atoms with van der Waals surface area (Å²) < 4.78 is 0. The number of nitrogens with one attached hydrogen (secondary N) is 1. The van der Waals surface area contributed by atoms with E-state index in [1.165, 1.54) is 44.1 Å². The first-order valence-electron chi connectivity index (χ1n) is 8.03. The zero-order valence-electron chi connectivity index (χ0n) is 13.5. The molecule has 1 aliphatic carbocycles. The average Bonchev–Trinajstić information content (AvgIpc) is 2.73. The van der Waals surface area contributed by atoms with Gasteiger partial charge in [0.05, 0.1) is 5.02 Å². The molecule has 1 saturated carbocycles. The van der Waals surface area contributed by atoms with E-state index in [-0.39, 0.29) is 5.54 Å². The van der Waals surface area contributed by atoms with Gasteiger partial charge in [-0.3, -0.25) is 4.98 Å². The number of aromatic nitrogens is 1. The molecule has 1 heterocycles. The van der Waals surface area contributed by atoms with Gasteiger partial charge >= 0.3 is 0 Å². The predicted octanol–water partition coefficient (Wildman–Crippen LogP) is 3.52. The quantitative estimate of drug-likeness (QED) is 0.844. The van der Waals surface area contributed by atoms with Crippen LogP contribution in [0, 0.1) is 0 Å². The summed E-state index contributed by atoms with van der Waals surface area (Å²) in [5.41, 5.74) is 1.41. The Labute approximate surface area is 134 Å². The fraction of sp³-hybridized carbons (Fsp3) is 0.706. The van der Waals surface area contributed by atoms with Gasteiger partial charge in [-0.05, 0) is 52.0 Å². The van der Waals surface area contributed by atoms with E-state index in [0.717, 1.165) is 11.4 Å². The third-order valence-corrected chi connectivity index (χ3v) is 5.48. The van der Waals surface area contributed by atoms with E-state index in [0.29, 0.717) is 6.04 Å². The van der Waals surface area contributed by atoms with Crippen molar-refractivity contribution in [1.82, 2.24) is 15.2 Å². The number of rotatable bonds is 5. The van der Waals surface area contributed by atoms with Gasteiger partial charge in [0.1, 0.15) is 0 Å². The van der Waals surface area contributed by atoms with E-state index < -0.39 is 0 Å². The molecule has 1 fully saturated rings. The van der Waals surface area contributed by atoms with Gasteiger partial charge in [-0.15, -0.1) is 0 Å². The van der Waals surface area contributed by atoms with Crippen molar-refractivity contribution in [2.45, 2.75) is 56.5 Å². The number of halogens is 1. The summed E-state index contributed by atoms with van der Waals surface area (Å²) in [6.07, 6.45) is 12.4. The van der Waals surface area contributed by atoms with Crippen molar-refractivity contribution in [2.75, 3.05) is 21.1 Å². The maximum absolute atomic E-state index is 6.32. The van der Waals surface area contributed by atoms with Gasteiger partial charge in [0.2, 0.25) is 0 Å². The van der Waals surface area contributed by atoms with Gasteiger partial charge in [-0.2, -0.15) is 0 Å². The molecule has 2 rings (SSSR count). The zero-order valence-corrected chi connectivity index (χ0v) is 14.3. The van der Waals surface area contributed by atoms with Crippen molar-refractivity contribution in [3.05, 3.63) is 29.0 Å². The topological polar surface area (TPSA) is 28.2 Å². The molecule has 3 nitrogen and oxygen atoms in total. The average molecular weight is 310 g/mol. The molecule has 1 atom stereocenters. The normalized spacial score (nSPS) is 20.2. The van der Waals surface area contributed by atoms with Crippen LogP contribution in [-0.2, 0) is 6.42 Å². The second-order valence-electron chi connectivity index (χ2n) is 6.42. The summed E-state index contributed by atoms with van der Waals surface area (Å²) in [7, 11) is 6.53. The second-order valence-corrected chi connectivity index (χ2v) is 6.83. The first-order chi connectivity index (χ1) is 10.1. The van der Waals surface area contributed by atoms with Crippen LogP contribution in [0.2, 0.25) is 5.02 Å². The van der Waals surface area contributed by atoms with Crippen LogP contribution in [0.4, 0.5) is 0 Å². The molecule has 0 bridgehead atoms. The first-order valence-corrected chi connectivity index (χ1v) is 8.41. The molecule has 21 heavy (non-hydrogen) atoms. The molecule has 0 aromatic carbocycles. The minimum atomic E-state index is 0.220. The van der Waals surface area contributed by atoms with Crippen molar-refractivity contribution >= 4 is 11.6 Å². The van der Waals surface area contributed by atoms with Crippen molar-refractivity contribution in [2.24, 2.45) is 0 Å². The second kappa shape index (κ2) is 7.57. The van der Waals surface area contributed by atoms with Crippen molar-refractivity contribution in [3.63, 3.8) is 0 Å². The number of nitrogens with zero attached hydrogens (tertiary/aromatic N) is 2. The van der Waals surface area contributed by atoms with Crippen LogP contribution in [0.1, 0.15) is 44.1 Å². The third-order valence-electron chi connectivity index (χ3n) is 5.14. The van der Waals surface area contributed by atoms with Crippen LogP contribution < -0.4 is 5.32 Å². The van der Waals surface area contributed by atoms with Gasteiger partial charge in [0.25, 0.3) is 0 Å². The molecule has 0 amide bonds. The lowest BCUT2D eigenvalue weighted by Gasteiger charge is -2.46. The van der Waals surface area contributed by atoms with Crippen molar-refractivity contribution in [1.29, 1.82) is 0 Å². The lowest BCUT2D eigenvalue weighted by molar-refractivity contribution is 0.0835.